The molecule has 1 aliphatic heterocycles. The van der Waals surface area contributed by atoms with Crippen LogP contribution in [0, 0.1) is 0 Å². The van der Waals surface area contributed by atoms with Gasteiger partial charge in [-0.25, -0.2) is 10.0 Å². The Morgan fingerprint density at radius 1 is 1.31 bits per heavy atom. The van der Waals surface area contributed by atoms with E-state index >= 15 is 0 Å². The summed E-state index contributed by atoms with van der Waals surface area (Å²) in [4.78, 5) is 4.98. The van der Waals surface area contributed by atoms with E-state index in [1.165, 1.54) is 25.4 Å². The van der Waals surface area contributed by atoms with Crippen LogP contribution >= 0.6 is 10.0 Å². The predicted molar refractivity (Wildman–Crippen MR) is 63.9 cm³/mol. The van der Waals surface area contributed by atoms with Crippen LogP contribution in [0.2, 0.25) is 0 Å². The molecule has 3 heteroatoms. The third kappa shape index (κ3) is 3.88. The summed E-state index contributed by atoms with van der Waals surface area (Å²) in [5, 5.41) is 0. The van der Waals surface area contributed by atoms with Crippen molar-refractivity contribution in [1.82, 2.24) is 9.80 Å². The van der Waals surface area contributed by atoms with Crippen molar-refractivity contribution < 1.29 is 0 Å². The summed E-state index contributed by atoms with van der Waals surface area (Å²) in [6.45, 7) is 2.57. The molecule has 80 valence electrons. The Balaban J connectivity index is 2.33. The summed E-state index contributed by atoms with van der Waals surface area (Å²) < 4.78 is 0. The fraction of sp³-hybridized carbons (Fsp3) is 1.00. The molecule has 0 spiro atoms. The Bertz CT molecular complexity index is 163. The second-order valence-electron chi connectivity index (χ2n) is 5.20. The van der Waals surface area contributed by atoms with Gasteiger partial charge in [-0.1, -0.05) is 0 Å². The number of hydrogen-bond acceptors (Lipinski definition) is 2. The molecule has 0 aliphatic carbocycles. The Morgan fingerprint density at radius 2 is 1.92 bits per heavy atom. The van der Waals surface area contributed by atoms with Gasteiger partial charge in [0, 0.05) is 25.0 Å². The number of likely N-dealkylation sites (tertiary alicyclic amines) is 1. The molecular formula is C10H24N2S. The van der Waals surface area contributed by atoms with Crippen LogP contribution in [0.4, 0.5) is 0 Å². The summed E-state index contributed by atoms with van der Waals surface area (Å²) >= 11 is 0. The fourth-order valence-electron chi connectivity index (χ4n) is 1.90. The Morgan fingerprint density at radius 3 is 2.31 bits per heavy atom. The zero-order valence-corrected chi connectivity index (χ0v) is 10.5. The second kappa shape index (κ2) is 4.20. The van der Waals surface area contributed by atoms with Gasteiger partial charge in [0.15, 0.2) is 0 Å². The maximum atomic E-state index is 2.62. The number of hydrogen-bond donors (Lipinski definition) is 0. The molecule has 1 rings (SSSR count). The van der Waals surface area contributed by atoms with E-state index in [1.54, 1.807) is 0 Å². The van der Waals surface area contributed by atoms with Crippen LogP contribution in [0.15, 0.2) is 0 Å². The normalized spacial score (nSPS) is 27.1. The Hall–Kier alpha value is 0.270. The molecule has 1 saturated heterocycles. The van der Waals surface area contributed by atoms with Gasteiger partial charge in [-0.3, -0.25) is 4.90 Å². The van der Waals surface area contributed by atoms with Gasteiger partial charge in [-0.2, -0.15) is 0 Å². The Labute approximate surface area is 84.6 Å². The monoisotopic (exact) mass is 204 g/mol. The van der Waals surface area contributed by atoms with E-state index in [0.717, 1.165) is 6.04 Å². The van der Waals surface area contributed by atoms with Gasteiger partial charge < -0.3 is 4.90 Å². The lowest BCUT2D eigenvalue weighted by atomic mass is 10.2. The maximum absolute atomic E-state index is 2.62. The van der Waals surface area contributed by atoms with Crippen molar-refractivity contribution in [3.63, 3.8) is 0 Å². The van der Waals surface area contributed by atoms with Crippen LogP contribution in [0.25, 0.3) is 0 Å². The molecule has 1 atom stereocenters. The first-order chi connectivity index (χ1) is 5.88. The van der Waals surface area contributed by atoms with Crippen LogP contribution in [-0.2, 0) is 0 Å². The molecule has 1 aliphatic rings. The minimum absolute atomic E-state index is 0.349. The molecule has 2 nitrogen and oxygen atoms in total. The number of likely N-dealkylation sites (N-methyl/N-ethyl adjacent to an activating group) is 1. The van der Waals surface area contributed by atoms with Gasteiger partial charge in [-0.05, 0) is 39.3 Å². The Kier molecular flexibility index (Phi) is 3.66. The topological polar surface area (TPSA) is 6.48 Å². The molecule has 0 saturated carbocycles. The van der Waals surface area contributed by atoms with Gasteiger partial charge in [-0.15, -0.1) is 0 Å². The average Bonchev–Trinajstić information content (AvgIpc) is 2.31. The van der Waals surface area contributed by atoms with E-state index in [1.807, 2.05) is 0 Å². The van der Waals surface area contributed by atoms with Gasteiger partial charge in [0.1, 0.15) is 0 Å². The third-order valence-corrected chi connectivity index (χ3v) is 3.69. The summed E-state index contributed by atoms with van der Waals surface area (Å²) in [5.74, 6) is 1.32. The van der Waals surface area contributed by atoms with E-state index in [-0.39, 0.29) is 10.0 Å². The van der Waals surface area contributed by atoms with Crippen molar-refractivity contribution in [2.24, 2.45) is 0 Å². The molecule has 0 aromatic heterocycles. The lowest BCUT2D eigenvalue weighted by molar-refractivity contribution is 0.285. The van der Waals surface area contributed by atoms with Crippen molar-refractivity contribution >= 4 is 10.0 Å². The van der Waals surface area contributed by atoms with E-state index in [4.69, 9.17) is 0 Å². The van der Waals surface area contributed by atoms with E-state index in [9.17, 15) is 0 Å². The first-order valence-electron chi connectivity index (χ1n) is 4.93. The highest BCUT2D eigenvalue weighted by Gasteiger charge is 2.25. The van der Waals surface area contributed by atoms with Crippen molar-refractivity contribution in [3.8, 4) is 0 Å². The first-order valence-corrected chi connectivity index (χ1v) is 7.96. The summed E-state index contributed by atoms with van der Waals surface area (Å²) in [6.07, 6.45) is 8.55. The third-order valence-electron chi connectivity index (χ3n) is 2.55. The van der Waals surface area contributed by atoms with Crippen molar-refractivity contribution in [1.29, 1.82) is 0 Å². The molecule has 0 radical (unpaired) electrons. The van der Waals surface area contributed by atoms with Crippen LogP contribution in [-0.4, -0.2) is 67.7 Å². The van der Waals surface area contributed by atoms with Crippen LogP contribution in [0.5, 0.6) is 0 Å². The van der Waals surface area contributed by atoms with Crippen molar-refractivity contribution in [2.45, 2.75) is 12.5 Å². The molecule has 1 fully saturated rings. The van der Waals surface area contributed by atoms with Gasteiger partial charge in [0.05, 0.1) is 0 Å². The molecular weight excluding hydrogens is 180 g/mol. The highest BCUT2D eigenvalue weighted by molar-refractivity contribution is 8.32. The van der Waals surface area contributed by atoms with E-state index in [2.05, 4.69) is 42.7 Å². The van der Waals surface area contributed by atoms with Crippen molar-refractivity contribution in [3.05, 3.63) is 0 Å². The van der Waals surface area contributed by atoms with Gasteiger partial charge in [0.25, 0.3) is 0 Å². The lowest BCUT2D eigenvalue weighted by Crippen LogP contribution is -2.32. The molecule has 1 unspecified atom stereocenters. The van der Waals surface area contributed by atoms with Gasteiger partial charge in [0.2, 0.25) is 0 Å². The zero-order valence-electron chi connectivity index (χ0n) is 9.71. The predicted octanol–water partition coefficient (Wildman–Crippen LogP) is 1.27. The van der Waals surface area contributed by atoms with Crippen LogP contribution in [0.3, 0.4) is 0 Å². The fourth-order valence-corrected chi connectivity index (χ4v) is 3.23. The maximum Gasteiger partial charge on any atom is 0.0284 e. The molecule has 13 heavy (non-hydrogen) atoms. The van der Waals surface area contributed by atoms with Gasteiger partial charge >= 0.3 is 0 Å². The minimum atomic E-state index is -0.349. The van der Waals surface area contributed by atoms with E-state index < -0.39 is 0 Å². The van der Waals surface area contributed by atoms with E-state index in [0.29, 0.717) is 0 Å². The average molecular weight is 204 g/mol. The molecule has 0 amide bonds. The highest BCUT2D eigenvalue weighted by atomic mass is 32.3. The molecule has 0 aromatic carbocycles. The quantitative estimate of drug-likeness (QED) is 0.683. The number of rotatable bonds is 3. The second-order valence-corrected chi connectivity index (χ2v) is 9.64. The van der Waals surface area contributed by atoms with Crippen molar-refractivity contribution in [2.75, 3.05) is 51.8 Å². The highest BCUT2D eigenvalue weighted by Crippen LogP contribution is 2.36. The summed E-state index contributed by atoms with van der Waals surface area (Å²) in [5.41, 5.74) is 0. The number of nitrogens with zero attached hydrogens (tertiary/aromatic N) is 2. The largest absolute Gasteiger partial charge is 0.305 e. The van der Waals surface area contributed by atoms with Crippen LogP contribution < -0.4 is 0 Å². The summed E-state index contributed by atoms with van der Waals surface area (Å²) in [6, 6.07) is 0.793. The molecule has 0 aromatic rings. The smallest absolute Gasteiger partial charge is 0.0284 e. The standard InChI is InChI=1S/C10H24N2S/c1-11(2)10-6-7-12(8-10)9-13(3,4)5/h10H,6-9H2,1-5H3. The first kappa shape index (κ1) is 11.3. The SMILES string of the molecule is CN(C)C1CCN(CS(C)(C)C)C1. The zero-order chi connectivity index (χ0) is 10.1. The minimum Gasteiger partial charge on any atom is -0.305 e. The molecule has 0 bridgehead atoms. The van der Waals surface area contributed by atoms with Crippen LogP contribution in [0.1, 0.15) is 6.42 Å². The summed E-state index contributed by atoms with van der Waals surface area (Å²) in [7, 11) is 4.04. The molecule has 0 N–H and O–H groups in total. The molecule has 1 heterocycles. The lowest BCUT2D eigenvalue weighted by Gasteiger charge is -2.31.